The SMILES string of the molecule is O=C(Nc1ccc(F)cc1F)c1cc(NC2CCCCC2)ccn1. The molecule has 126 valence electrons. The molecule has 1 amide bonds. The number of nitrogens with one attached hydrogen (secondary N) is 2. The molecule has 3 rings (SSSR count). The topological polar surface area (TPSA) is 54.0 Å². The van der Waals surface area contributed by atoms with E-state index >= 15 is 0 Å². The average Bonchev–Trinajstić information content (AvgIpc) is 2.58. The second-order valence-electron chi connectivity index (χ2n) is 5.99. The summed E-state index contributed by atoms with van der Waals surface area (Å²) in [6.45, 7) is 0. The third kappa shape index (κ3) is 4.07. The Bertz CT molecular complexity index is 730. The maximum Gasteiger partial charge on any atom is 0.274 e. The molecule has 0 spiro atoms. The molecule has 0 atom stereocenters. The highest BCUT2D eigenvalue weighted by Gasteiger charge is 2.15. The first kappa shape index (κ1) is 16.4. The fourth-order valence-corrected chi connectivity index (χ4v) is 2.90. The van der Waals surface area contributed by atoms with Crippen molar-refractivity contribution in [3.8, 4) is 0 Å². The van der Waals surface area contributed by atoms with Crippen molar-refractivity contribution in [2.45, 2.75) is 38.1 Å². The number of nitrogens with zero attached hydrogens (tertiary/aromatic N) is 1. The van der Waals surface area contributed by atoms with E-state index in [1.807, 2.05) is 6.07 Å². The molecular weight excluding hydrogens is 312 g/mol. The summed E-state index contributed by atoms with van der Waals surface area (Å²) >= 11 is 0. The van der Waals surface area contributed by atoms with E-state index in [9.17, 15) is 13.6 Å². The Morgan fingerprint density at radius 2 is 1.88 bits per heavy atom. The summed E-state index contributed by atoms with van der Waals surface area (Å²) in [7, 11) is 0. The number of halogens is 2. The van der Waals surface area contributed by atoms with Gasteiger partial charge in [-0.15, -0.1) is 0 Å². The van der Waals surface area contributed by atoms with Crippen LogP contribution in [0, 0.1) is 11.6 Å². The summed E-state index contributed by atoms with van der Waals surface area (Å²) < 4.78 is 26.5. The maximum absolute atomic E-state index is 13.6. The lowest BCUT2D eigenvalue weighted by Crippen LogP contribution is -2.22. The molecule has 2 aromatic rings. The van der Waals surface area contributed by atoms with Gasteiger partial charge >= 0.3 is 0 Å². The van der Waals surface area contributed by atoms with Crippen LogP contribution >= 0.6 is 0 Å². The zero-order valence-corrected chi connectivity index (χ0v) is 13.2. The number of benzene rings is 1. The Kier molecular flexibility index (Phi) is 5.03. The number of rotatable bonds is 4. The number of hydrogen-bond donors (Lipinski definition) is 2. The largest absolute Gasteiger partial charge is 0.382 e. The highest BCUT2D eigenvalue weighted by atomic mass is 19.1. The average molecular weight is 331 g/mol. The minimum Gasteiger partial charge on any atom is -0.382 e. The molecule has 1 aliphatic carbocycles. The Hall–Kier alpha value is -2.50. The molecule has 0 radical (unpaired) electrons. The van der Waals surface area contributed by atoms with Crippen LogP contribution in [0.4, 0.5) is 20.2 Å². The Labute approximate surface area is 139 Å². The van der Waals surface area contributed by atoms with Crippen molar-refractivity contribution in [3.63, 3.8) is 0 Å². The van der Waals surface area contributed by atoms with Gasteiger partial charge in [0.1, 0.15) is 17.3 Å². The van der Waals surface area contributed by atoms with Crippen molar-refractivity contribution in [1.82, 2.24) is 4.98 Å². The van der Waals surface area contributed by atoms with Gasteiger partial charge in [-0.25, -0.2) is 8.78 Å². The van der Waals surface area contributed by atoms with Crippen LogP contribution in [0.1, 0.15) is 42.6 Å². The van der Waals surface area contributed by atoms with Crippen LogP contribution in [0.5, 0.6) is 0 Å². The normalized spacial score (nSPS) is 15.1. The number of carbonyl (C=O) groups is 1. The quantitative estimate of drug-likeness (QED) is 0.875. The van der Waals surface area contributed by atoms with Crippen LogP contribution in [-0.2, 0) is 0 Å². The standard InChI is InChI=1S/C18H19F2N3O/c19-12-6-7-16(15(20)10-12)23-18(24)17-11-14(8-9-21-17)22-13-4-2-1-3-5-13/h6-11,13H,1-5H2,(H,21,22)(H,23,24). The van der Waals surface area contributed by atoms with Crippen molar-refractivity contribution in [3.05, 3.63) is 53.9 Å². The van der Waals surface area contributed by atoms with E-state index < -0.39 is 17.5 Å². The summed E-state index contributed by atoms with van der Waals surface area (Å²) in [6, 6.07) is 6.87. The van der Waals surface area contributed by atoms with E-state index in [1.165, 1.54) is 25.3 Å². The maximum atomic E-state index is 13.6. The van der Waals surface area contributed by atoms with Crippen LogP contribution in [0.25, 0.3) is 0 Å². The summed E-state index contributed by atoms with van der Waals surface area (Å²) in [4.78, 5) is 16.3. The molecule has 2 N–H and O–H groups in total. The molecule has 4 nitrogen and oxygen atoms in total. The molecule has 0 unspecified atom stereocenters. The smallest absolute Gasteiger partial charge is 0.274 e. The van der Waals surface area contributed by atoms with Crippen molar-refractivity contribution in [1.29, 1.82) is 0 Å². The third-order valence-electron chi connectivity index (χ3n) is 4.15. The highest BCUT2D eigenvalue weighted by molar-refractivity contribution is 6.03. The summed E-state index contributed by atoms with van der Waals surface area (Å²) in [5.41, 5.74) is 0.926. The van der Waals surface area contributed by atoms with Gasteiger partial charge in [0, 0.05) is 24.0 Å². The number of anilines is 2. The number of aromatic nitrogens is 1. The van der Waals surface area contributed by atoms with Gasteiger partial charge in [0.05, 0.1) is 5.69 Å². The lowest BCUT2D eigenvalue weighted by atomic mass is 9.95. The molecule has 0 bridgehead atoms. The monoisotopic (exact) mass is 331 g/mol. The van der Waals surface area contributed by atoms with E-state index in [0.29, 0.717) is 6.04 Å². The van der Waals surface area contributed by atoms with Crippen molar-refractivity contribution >= 4 is 17.3 Å². The lowest BCUT2D eigenvalue weighted by Gasteiger charge is -2.23. The van der Waals surface area contributed by atoms with Crippen LogP contribution in [0.15, 0.2) is 36.5 Å². The molecule has 0 aliphatic heterocycles. The minimum atomic E-state index is -0.820. The van der Waals surface area contributed by atoms with Gasteiger partial charge in [-0.2, -0.15) is 0 Å². The van der Waals surface area contributed by atoms with Crippen LogP contribution in [-0.4, -0.2) is 16.9 Å². The lowest BCUT2D eigenvalue weighted by molar-refractivity contribution is 0.102. The Morgan fingerprint density at radius 3 is 2.62 bits per heavy atom. The molecule has 1 saturated carbocycles. The molecule has 1 fully saturated rings. The van der Waals surface area contributed by atoms with Gasteiger partial charge in [-0.1, -0.05) is 19.3 Å². The van der Waals surface area contributed by atoms with Crippen molar-refractivity contribution in [2.75, 3.05) is 10.6 Å². The molecule has 6 heteroatoms. The Balaban J connectivity index is 1.69. The number of hydrogen-bond acceptors (Lipinski definition) is 3. The first-order chi connectivity index (χ1) is 11.6. The first-order valence-corrected chi connectivity index (χ1v) is 8.11. The predicted molar refractivity (Wildman–Crippen MR) is 89.0 cm³/mol. The van der Waals surface area contributed by atoms with E-state index in [2.05, 4.69) is 15.6 Å². The zero-order valence-electron chi connectivity index (χ0n) is 13.2. The van der Waals surface area contributed by atoms with Crippen molar-refractivity contribution < 1.29 is 13.6 Å². The van der Waals surface area contributed by atoms with Gasteiger partial charge in [0.25, 0.3) is 5.91 Å². The highest BCUT2D eigenvalue weighted by Crippen LogP contribution is 2.22. The van der Waals surface area contributed by atoms with Gasteiger partial charge in [0.2, 0.25) is 0 Å². The zero-order chi connectivity index (χ0) is 16.9. The number of pyridine rings is 1. The van der Waals surface area contributed by atoms with Crippen LogP contribution < -0.4 is 10.6 Å². The molecule has 0 saturated heterocycles. The first-order valence-electron chi connectivity index (χ1n) is 8.11. The second kappa shape index (κ2) is 7.38. The Morgan fingerprint density at radius 1 is 1.08 bits per heavy atom. The summed E-state index contributed by atoms with van der Waals surface area (Å²) in [5, 5.41) is 5.83. The minimum absolute atomic E-state index is 0.0751. The van der Waals surface area contributed by atoms with E-state index in [0.717, 1.165) is 30.7 Å². The predicted octanol–water partition coefficient (Wildman–Crippen LogP) is 4.36. The molecular formula is C18H19F2N3O. The summed E-state index contributed by atoms with van der Waals surface area (Å²) in [6.07, 6.45) is 7.46. The molecule has 1 heterocycles. The van der Waals surface area contributed by atoms with Gasteiger partial charge in [-0.05, 0) is 37.1 Å². The summed E-state index contributed by atoms with van der Waals surface area (Å²) in [5.74, 6) is -2.05. The van der Waals surface area contributed by atoms with Gasteiger partial charge < -0.3 is 10.6 Å². The fraction of sp³-hybridized carbons (Fsp3) is 0.333. The number of amides is 1. The van der Waals surface area contributed by atoms with E-state index in [4.69, 9.17) is 0 Å². The third-order valence-corrected chi connectivity index (χ3v) is 4.15. The van der Waals surface area contributed by atoms with Gasteiger partial charge in [0.15, 0.2) is 0 Å². The second-order valence-corrected chi connectivity index (χ2v) is 5.99. The molecule has 1 aromatic carbocycles. The van der Waals surface area contributed by atoms with Gasteiger partial charge in [-0.3, -0.25) is 9.78 Å². The number of carbonyl (C=O) groups excluding carboxylic acids is 1. The fourth-order valence-electron chi connectivity index (χ4n) is 2.90. The van der Waals surface area contributed by atoms with Crippen LogP contribution in [0.2, 0.25) is 0 Å². The van der Waals surface area contributed by atoms with E-state index in [-0.39, 0.29) is 11.4 Å². The van der Waals surface area contributed by atoms with E-state index in [1.54, 1.807) is 12.3 Å². The molecule has 1 aliphatic rings. The van der Waals surface area contributed by atoms with Crippen molar-refractivity contribution in [2.24, 2.45) is 0 Å². The molecule has 24 heavy (non-hydrogen) atoms. The molecule has 1 aromatic heterocycles. The van der Waals surface area contributed by atoms with Crippen LogP contribution in [0.3, 0.4) is 0 Å².